The quantitative estimate of drug-likeness (QED) is 0.844. The first-order valence-electron chi connectivity index (χ1n) is 7.55. The summed E-state index contributed by atoms with van der Waals surface area (Å²) in [4.78, 5) is 4.26. The van der Waals surface area contributed by atoms with E-state index in [-0.39, 0.29) is 11.9 Å². The molecule has 1 aromatic heterocycles. The highest BCUT2D eigenvalue weighted by Crippen LogP contribution is 2.36. The molecule has 3 nitrogen and oxygen atoms in total. The predicted octanol–water partition coefficient (Wildman–Crippen LogP) is 4.16. The van der Waals surface area contributed by atoms with E-state index in [1.807, 2.05) is 6.07 Å². The third-order valence-corrected chi connectivity index (χ3v) is 4.67. The van der Waals surface area contributed by atoms with Crippen LogP contribution in [0.2, 0.25) is 0 Å². The maximum atomic E-state index is 14.3. The molecule has 0 aliphatic heterocycles. The van der Waals surface area contributed by atoms with Gasteiger partial charge in [0.05, 0.1) is 6.10 Å². The molecular formula is C17H21FN2O. The topological polar surface area (TPSA) is 48.1 Å². The molecule has 0 spiro atoms. The van der Waals surface area contributed by atoms with E-state index in [1.165, 1.54) is 6.07 Å². The lowest BCUT2D eigenvalue weighted by Crippen LogP contribution is -2.29. The van der Waals surface area contributed by atoms with Crippen LogP contribution in [0.3, 0.4) is 0 Å². The smallest absolute Gasteiger partial charge is 0.181 e. The predicted molar refractivity (Wildman–Crippen MR) is 82.7 cm³/mol. The van der Waals surface area contributed by atoms with Crippen LogP contribution in [0.1, 0.15) is 33.1 Å². The Morgan fingerprint density at radius 2 is 2.10 bits per heavy atom. The van der Waals surface area contributed by atoms with E-state index in [9.17, 15) is 4.39 Å². The Hall–Kier alpha value is -1.84. The Kier molecular flexibility index (Phi) is 3.70. The fourth-order valence-corrected chi connectivity index (χ4v) is 3.10. The lowest BCUT2D eigenvalue weighted by Gasteiger charge is -2.32. The van der Waals surface area contributed by atoms with Gasteiger partial charge in [0.15, 0.2) is 11.6 Å². The van der Waals surface area contributed by atoms with Gasteiger partial charge in [-0.2, -0.15) is 0 Å². The van der Waals surface area contributed by atoms with Crippen molar-refractivity contribution < 1.29 is 9.13 Å². The first kappa shape index (κ1) is 14.1. The molecule has 0 bridgehead atoms. The number of nitrogens with two attached hydrogens (primary N) is 1. The Balaban J connectivity index is 1.94. The molecule has 3 rings (SSSR count). The second-order valence-corrected chi connectivity index (χ2v) is 6.18. The number of rotatable bonds is 2. The third kappa shape index (κ3) is 2.67. The van der Waals surface area contributed by atoms with Crippen molar-refractivity contribution in [3.63, 3.8) is 0 Å². The van der Waals surface area contributed by atoms with Crippen molar-refractivity contribution >= 4 is 16.6 Å². The van der Waals surface area contributed by atoms with Crippen molar-refractivity contribution in [2.75, 3.05) is 5.73 Å². The molecule has 0 saturated heterocycles. The summed E-state index contributed by atoms with van der Waals surface area (Å²) in [7, 11) is 0. The molecular weight excluding hydrogens is 267 g/mol. The number of nitrogens with zero attached hydrogens (tertiary/aromatic N) is 1. The van der Waals surface area contributed by atoms with Crippen LogP contribution in [-0.2, 0) is 0 Å². The number of benzene rings is 1. The van der Waals surface area contributed by atoms with Crippen molar-refractivity contribution in [2.45, 2.75) is 39.2 Å². The molecule has 2 N–H and O–H groups in total. The average molecular weight is 288 g/mol. The second kappa shape index (κ2) is 5.51. The van der Waals surface area contributed by atoms with Crippen molar-refractivity contribution in [1.82, 2.24) is 4.98 Å². The Bertz CT molecular complexity index is 659. The van der Waals surface area contributed by atoms with E-state index in [1.54, 1.807) is 12.3 Å². The van der Waals surface area contributed by atoms with Crippen LogP contribution in [0.5, 0.6) is 5.75 Å². The van der Waals surface area contributed by atoms with Gasteiger partial charge in [0.2, 0.25) is 0 Å². The maximum absolute atomic E-state index is 14.3. The van der Waals surface area contributed by atoms with E-state index < -0.39 is 5.82 Å². The van der Waals surface area contributed by atoms with Crippen molar-refractivity contribution in [2.24, 2.45) is 11.8 Å². The lowest BCUT2D eigenvalue weighted by atomic mass is 9.80. The summed E-state index contributed by atoms with van der Waals surface area (Å²) >= 11 is 0. The van der Waals surface area contributed by atoms with Crippen molar-refractivity contribution in [3.8, 4) is 5.75 Å². The number of halogens is 1. The first-order valence-corrected chi connectivity index (χ1v) is 7.55. The van der Waals surface area contributed by atoms with Crippen molar-refractivity contribution in [1.29, 1.82) is 0 Å². The molecule has 1 fully saturated rings. The average Bonchev–Trinajstić information content (AvgIpc) is 2.47. The zero-order valence-electron chi connectivity index (χ0n) is 12.5. The highest BCUT2D eigenvalue weighted by molar-refractivity contribution is 5.94. The Labute approximate surface area is 124 Å². The molecule has 2 aromatic rings. The molecule has 3 unspecified atom stereocenters. The van der Waals surface area contributed by atoms with Crippen LogP contribution >= 0.6 is 0 Å². The molecule has 1 heterocycles. The molecule has 112 valence electrons. The summed E-state index contributed by atoms with van der Waals surface area (Å²) in [5, 5.41) is 0.742. The Morgan fingerprint density at radius 1 is 1.29 bits per heavy atom. The summed E-state index contributed by atoms with van der Waals surface area (Å²) < 4.78 is 20.2. The van der Waals surface area contributed by atoms with Gasteiger partial charge in [0, 0.05) is 23.3 Å². The minimum absolute atomic E-state index is 0.0551. The van der Waals surface area contributed by atoms with E-state index in [0.29, 0.717) is 23.0 Å². The molecule has 1 aliphatic carbocycles. The molecule has 0 radical (unpaired) electrons. The lowest BCUT2D eigenvalue weighted by molar-refractivity contribution is 0.0981. The molecule has 0 amide bonds. The van der Waals surface area contributed by atoms with Gasteiger partial charge >= 0.3 is 0 Å². The van der Waals surface area contributed by atoms with Gasteiger partial charge in [-0.05, 0) is 43.2 Å². The summed E-state index contributed by atoms with van der Waals surface area (Å²) in [6, 6.07) is 4.97. The van der Waals surface area contributed by atoms with E-state index in [0.717, 1.165) is 24.6 Å². The fourth-order valence-electron chi connectivity index (χ4n) is 3.10. The SMILES string of the molecule is CC1CCC(Oc2c(F)cc(N)c3cccnc23)CC1C. The van der Waals surface area contributed by atoms with Crippen molar-refractivity contribution in [3.05, 3.63) is 30.2 Å². The number of hydrogen-bond donors (Lipinski definition) is 1. The molecule has 4 heteroatoms. The fraction of sp³-hybridized carbons (Fsp3) is 0.471. The number of nitrogen functional groups attached to an aromatic ring is 1. The molecule has 1 aromatic carbocycles. The summed E-state index contributed by atoms with van der Waals surface area (Å²) in [6.45, 7) is 4.50. The highest BCUT2D eigenvalue weighted by Gasteiger charge is 2.27. The second-order valence-electron chi connectivity index (χ2n) is 6.18. The number of aromatic nitrogens is 1. The number of hydrogen-bond acceptors (Lipinski definition) is 3. The maximum Gasteiger partial charge on any atom is 0.181 e. The third-order valence-electron chi connectivity index (χ3n) is 4.67. The Morgan fingerprint density at radius 3 is 2.86 bits per heavy atom. The number of fused-ring (bicyclic) bond motifs is 1. The minimum Gasteiger partial charge on any atom is -0.485 e. The van der Waals surface area contributed by atoms with Crippen LogP contribution in [0.25, 0.3) is 10.9 Å². The summed E-state index contributed by atoms with van der Waals surface area (Å²) in [5.41, 5.74) is 6.78. The van der Waals surface area contributed by atoms with Crippen LogP contribution in [-0.4, -0.2) is 11.1 Å². The molecule has 3 atom stereocenters. The summed E-state index contributed by atoms with van der Waals surface area (Å²) in [6.07, 6.45) is 4.73. The summed E-state index contributed by atoms with van der Waals surface area (Å²) in [5.74, 6) is 1.12. The zero-order chi connectivity index (χ0) is 15.0. The highest BCUT2D eigenvalue weighted by atomic mass is 19.1. The first-order chi connectivity index (χ1) is 10.1. The van der Waals surface area contributed by atoms with E-state index >= 15 is 0 Å². The van der Waals surface area contributed by atoms with Gasteiger partial charge in [-0.1, -0.05) is 13.8 Å². The van der Waals surface area contributed by atoms with Gasteiger partial charge in [0.25, 0.3) is 0 Å². The number of anilines is 1. The van der Waals surface area contributed by atoms with E-state index in [4.69, 9.17) is 10.5 Å². The molecule has 1 saturated carbocycles. The zero-order valence-corrected chi connectivity index (χ0v) is 12.5. The van der Waals surface area contributed by atoms with Crippen LogP contribution < -0.4 is 10.5 Å². The largest absolute Gasteiger partial charge is 0.485 e. The van der Waals surface area contributed by atoms with Crippen LogP contribution in [0, 0.1) is 17.7 Å². The van der Waals surface area contributed by atoms with E-state index in [2.05, 4.69) is 18.8 Å². The van der Waals surface area contributed by atoms with Gasteiger partial charge in [0.1, 0.15) is 5.52 Å². The normalized spacial score (nSPS) is 26.0. The standard InChI is InChI=1S/C17H21FN2O/c1-10-5-6-12(8-11(10)2)21-17-14(18)9-15(19)13-4-3-7-20-16(13)17/h3-4,7,9-12H,5-6,8,19H2,1-2H3. The van der Waals surface area contributed by atoms with Crippen LogP contribution in [0.15, 0.2) is 24.4 Å². The van der Waals surface area contributed by atoms with Gasteiger partial charge in [-0.25, -0.2) is 4.39 Å². The number of pyridine rings is 1. The number of ether oxygens (including phenoxy) is 1. The molecule has 1 aliphatic rings. The van der Waals surface area contributed by atoms with Gasteiger partial charge < -0.3 is 10.5 Å². The van der Waals surface area contributed by atoms with Gasteiger partial charge in [-0.3, -0.25) is 4.98 Å². The van der Waals surface area contributed by atoms with Gasteiger partial charge in [-0.15, -0.1) is 0 Å². The monoisotopic (exact) mass is 288 g/mol. The minimum atomic E-state index is -0.426. The van der Waals surface area contributed by atoms with Crippen LogP contribution in [0.4, 0.5) is 10.1 Å². The molecule has 21 heavy (non-hydrogen) atoms.